The molecule has 2 heterocycles. The second kappa shape index (κ2) is 8.67. The van der Waals surface area contributed by atoms with Crippen molar-refractivity contribution in [3.63, 3.8) is 0 Å². The molecule has 0 fully saturated rings. The van der Waals surface area contributed by atoms with Gasteiger partial charge in [0.2, 0.25) is 17.7 Å². The Kier molecular flexibility index (Phi) is 6.06. The maximum absolute atomic E-state index is 12.1. The SMILES string of the molecule is CN(CC(=O)Nc1ccc(Br)cn1)Cc1nnc(-c2ccc([N+](=O)[O-])cc2)o1. The van der Waals surface area contributed by atoms with Gasteiger partial charge in [-0.15, -0.1) is 10.2 Å². The molecule has 0 saturated carbocycles. The molecule has 0 spiro atoms. The third-order valence-electron chi connectivity index (χ3n) is 3.61. The highest BCUT2D eigenvalue weighted by Gasteiger charge is 2.14. The van der Waals surface area contributed by atoms with Crippen molar-refractivity contribution in [2.45, 2.75) is 6.54 Å². The number of nitro benzene ring substituents is 1. The highest BCUT2D eigenvalue weighted by molar-refractivity contribution is 9.10. The minimum Gasteiger partial charge on any atom is -0.419 e. The van der Waals surface area contributed by atoms with Crippen molar-refractivity contribution in [3.8, 4) is 11.5 Å². The van der Waals surface area contributed by atoms with Gasteiger partial charge in [-0.2, -0.15) is 0 Å². The summed E-state index contributed by atoms with van der Waals surface area (Å²) in [4.78, 5) is 28.1. The van der Waals surface area contributed by atoms with Gasteiger partial charge in [0.1, 0.15) is 5.82 Å². The number of nitrogens with one attached hydrogen (secondary N) is 1. The lowest BCUT2D eigenvalue weighted by molar-refractivity contribution is -0.384. The summed E-state index contributed by atoms with van der Waals surface area (Å²) in [6.45, 7) is 0.369. The Morgan fingerprint density at radius 2 is 2.00 bits per heavy atom. The van der Waals surface area contributed by atoms with Gasteiger partial charge in [-0.05, 0) is 47.2 Å². The van der Waals surface area contributed by atoms with Gasteiger partial charge in [-0.25, -0.2) is 4.98 Å². The lowest BCUT2D eigenvalue weighted by atomic mass is 10.2. The number of likely N-dealkylation sites (N-methyl/N-ethyl adjacent to an activating group) is 1. The van der Waals surface area contributed by atoms with E-state index in [9.17, 15) is 14.9 Å². The normalized spacial score (nSPS) is 10.8. The van der Waals surface area contributed by atoms with E-state index in [-0.39, 0.29) is 30.6 Å². The molecule has 0 bridgehead atoms. The fourth-order valence-corrected chi connectivity index (χ4v) is 2.56. The monoisotopic (exact) mass is 446 g/mol. The summed E-state index contributed by atoms with van der Waals surface area (Å²) in [5.41, 5.74) is 0.556. The first-order valence-corrected chi connectivity index (χ1v) is 8.87. The average Bonchev–Trinajstić information content (AvgIpc) is 3.12. The van der Waals surface area contributed by atoms with Crippen molar-refractivity contribution in [3.05, 3.63) is 63.1 Å². The van der Waals surface area contributed by atoms with Crippen LogP contribution in [0.15, 0.2) is 51.5 Å². The fraction of sp³-hybridized carbons (Fsp3) is 0.176. The summed E-state index contributed by atoms with van der Waals surface area (Å²) in [5.74, 6) is 0.805. The van der Waals surface area contributed by atoms with E-state index in [4.69, 9.17) is 4.42 Å². The molecule has 10 nitrogen and oxygen atoms in total. The minimum atomic E-state index is -0.479. The van der Waals surface area contributed by atoms with Crippen LogP contribution in [0.1, 0.15) is 5.89 Å². The largest absolute Gasteiger partial charge is 0.419 e. The lowest BCUT2D eigenvalue weighted by Gasteiger charge is -2.13. The van der Waals surface area contributed by atoms with Gasteiger partial charge in [0.15, 0.2) is 0 Å². The molecule has 0 aliphatic heterocycles. The maximum atomic E-state index is 12.1. The van der Waals surface area contributed by atoms with E-state index in [1.165, 1.54) is 24.3 Å². The van der Waals surface area contributed by atoms with Crippen LogP contribution in [0.2, 0.25) is 0 Å². The van der Waals surface area contributed by atoms with E-state index in [0.29, 0.717) is 17.3 Å². The molecule has 11 heteroatoms. The standard InChI is InChI=1S/C17H15BrN6O4/c1-23(9-15(25)20-14-7-4-12(18)8-19-14)10-16-21-22-17(28-16)11-2-5-13(6-3-11)24(26)27/h2-8H,9-10H2,1H3,(H,19,20,25). The Balaban J connectivity index is 1.55. The molecule has 0 atom stereocenters. The molecule has 1 aromatic carbocycles. The van der Waals surface area contributed by atoms with Crippen molar-refractivity contribution in [2.75, 3.05) is 18.9 Å². The van der Waals surface area contributed by atoms with E-state index in [2.05, 4.69) is 36.4 Å². The van der Waals surface area contributed by atoms with Crippen molar-refractivity contribution < 1.29 is 14.1 Å². The van der Waals surface area contributed by atoms with Crippen LogP contribution in [0, 0.1) is 10.1 Å². The first-order chi connectivity index (χ1) is 13.4. The summed E-state index contributed by atoms with van der Waals surface area (Å²) in [7, 11) is 1.74. The predicted octanol–water partition coefficient (Wildman–Crippen LogP) is 2.87. The summed E-state index contributed by atoms with van der Waals surface area (Å²) in [6.07, 6.45) is 1.59. The smallest absolute Gasteiger partial charge is 0.269 e. The Bertz CT molecular complexity index is 974. The van der Waals surface area contributed by atoms with Crippen LogP contribution in [-0.2, 0) is 11.3 Å². The van der Waals surface area contributed by atoms with Crippen molar-refractivity contribution in [1.29, 1.82) is 0 Å². The Morgan fingerprint density at radius 3 is 2.64 bits per heavy atom. The van der Waals surface area contributed by atoms with Gasteiger partial charge >= 0.3 is 0 Å². The molecule has 0 radical (unpaired) electrons. The maximum Gasteiger partial charge on any atom is 0.269 e. The molecular formula is C17H15BrN6O4. The zero-order valence-electron chi connectivity index (χ0n) is 14.7. The number of benzene rings is 1. The quantitative estimate of drug-likeness (QED) is 0.433. The molecule has 3 rings (SSSR count). The molecule has 144 valence electrons. The van der Waals surface area contributed by atoms with E-state index >= 15 is 0 Å². The lowest BCUT2D eigenvalue weighted by Crippen LogP contribution is -2.30. The summed E-state index contributed by atoms with van der Waals surface area (Å²) >= 11 is 3.28. The van der Waals surface area contributed by atoms with Crippen molar-refractivity contribution in [1.82, 2.24) is 20.1 Å². The number of hydrogen-bond acceptors (Lipinski definition) is 8. The summed E-state index contributed by atoms with van der Waals surface area (Å²) in [5, 5.41) is 21.3. The Labute approximate surface area is 167 Å². The number of carbonyl (C=O) groups excluding carboxylic acids is 1. The minimum absolute atomic E-state index is 0.0190. The molecular weight excluding hydrogens is 432 g/mol. The summed E-state index contributed by atoms with van der Waals surface area (Å²) < 4.78 is 6.39. The predicted molar refractivity (Wildman–Crippen MR) is 103 cm³/mol. The molecule has 0 aliphatic rings. The van der Waals surface area contributed by atoms with Crippen LogP contribution in [0.5, 0.6) is 0 Å². The van der Waals surface area contributed by atoms with Gasteiger partial charge in [-0.3, -0.25) is 19.8 Å². The van der Waals surface area contributed by atoms with E-state index in [1.807, 2.05) is 0 Å². The van der Waals surface area contributed by atoms with Crippen LogP contribution in [-0.4, -0.2) is 44.5 Å². The molecule has 0 saturated heterocycles. The van der Waals surface area contributed by atoms with Gasteiger partial charge in [0.25, 0.3) is 5.69 Å². The van der Waals surface area contributed by atoms with Crippen molar-refractivity contribution in [2.24, 2.45) is 0 Å². The Hall–Kier alpha value is -3.18. The third-order valence-corrected chi connectivity index (χ3v) is 4.07. The zero-order chi connectivity index (χ0) is 20.1. The third kappa shape index (κ3) is 5.18. The Morgan fingerprint density at radius 1 is 1.25 bits per heavy atom. The van der Waals surface area contributed by atoms with Crippen LogP contribution in [0.25, 0.3) is 11.5 Å². The van der Waals surface area contributed by atoms with E-state index < -0.39 is 4.92 Å². The van der Waals surface area contributed by atoms with Gasteiger partial charge in [-0.1, -0.05) is 0 Å². The number of anilines is 1. The molecule has 28 heavy (non-hydrogen) atoms. The van der Waals surface area contributed by atoms with Crippen LogP contribution in [0.4, 0.5) is 11.5 Å². The highest BCUT2D eigenvalue weighted by Crippen LogP contribution is 2.21. The first kappa shape index (κ1) is 19.6. The first-order valence-electron chi connectivity index (χ1n) is 8.08. The zero-order valence-corrected chi connectivity index (χ0v) is 16.3. The van der Waals surface area contributed by atoms with Gasteiger partial charge in [0, 0.05) is 28.4 Å². The number of halogens is 1. The molecule has 1 amide bonds. The molecule has 1 N–H and O–H groups in total. The molecule has 0 unspecified atom stereocenters. The number of amides is 1. The number of pyridine rings is 1. The number of nitrogens with zero attached hydrogens (tertiary/aromatic N) is 5. The van der Waals surface area contributed by atoms with Gasteiger partial charge in [0.05, 0.1) is 18.0 Å². The van der Waals surface area contributed by atoms with E-state index in [1.54, 1.807) is 30.3 Å². The fourth-order valence-electron chi connectivity index (χ4n) is 2.32. The number of aromatic nitrogens is 3. The van der Waals surface area contributed by atoms with Crippen LogP contribution in [0.3, 0.4) is 0 Å². The summed E-state index contributed by atoms with van der Waals surface area (Å²) in [6, 6.07) is 9.29. The second-order valence-corrected chi connectivity index (χ2v) is 6.80. The molecule has 0 aliphatic carbocycles. The second-order valence-electron chi connectivity index (χ2n) is 5.89. The van der Waals surface area contributed by atoms with E-state index in [0.717, 1.165) is 4.47 Å². The van der Waals surface area contributed by atoms with Crippen LogP contribution >= 0.6 is 15.9 Å². The molecule has 3 aromatic rings. The average molecular weight is 447 g/mol. The van der Waals surface area contributed by atoms with Gasteiger partial charge < -0.3 is 9.73 Å². The van der Waals surface area contributed by atoms with Crippen LogP contribution < -0.4 is 5.32 Å². The molecule has 2 aromatic heterocycles. The number of hydrogen-bond donors (Lipinski definition) is 1. The number of rotatable bonds is 7. The van der Waals surface area contributed by atoms with Crippen molar-refractivity contribution >= 4 is 33.3 Å². The number of non-ortho nitro benzene ring substituents is 1. The highest BCUT2D eigenvalue weighted by atomic mass is 79.9. The topological polar surface area (TPSA) is 127 Å². The number of carbonyl (C=O) groups is 1. The number of nitro groups is 1.